The first-order chi connectivity index (χ1) is 14.4. The maximum atomic E-state index is 13.2. The summed E-state index contributed by atoms with van der Waals surface area (Å²) < 4.78 is 13.2. The highest BCUT2D eigenvalue weighted by atomic mass is 19.1. The fraction of sp³-hybridized carbons (Fsp3) is 0.591. The number of likely N-dealkylation sites (N-methyl/N-ethyl adjacent to an activating group) is 1. The second-order valence-electron chi connectivity index (χ2n) is 8.82. The van der Waals surface area contributed by atoms with Crippen LogP contribution in [0.2, 0.25) is 0 Å². The summed E-state index contributed by atoms with van der Waals surface area (Å²) in [6.45, 7) is 4.58. The lowest BCUT2D eigenvalue weighted by molar-refractivity contribution is -0.135. The van der Waals surface area contributed by atoms with Gasteiger partial charge in [0.25, 0.3) is 5.91 Å². The summed E-state index contributed by atoms with van der Waals surface area (Å²) in [7, 11) is 2.08. The van der Waals surface area contributed by atoms with Crippen molar-refractivity contribution in [3.8, 4) is 0 Å². The predicted molar refractivity (Wildman–Crippen MR) is 109 cm³/mol. The van der Waals surface area contributed by atoms with Crippen molar-refractivity contribution in [3.05, 3.63) is 35.6 Å². The molecule has 2 saturated heterocycles. The van der Waals surface area contributed by atoms with Crippen molar-refractivity contribution >= 4 is 17.7 Å². The minimum Gasteiger partial charge on any atom is -0.343 e. The van der Waals surface area contributed by atoms with E-state index in [4.69, 9.17) is 0 Å². The minimum atomic E-state index is -0.486. The van der Waals surface area contributed by atoms with Crippen molar-refractivity contribution in [2.75, 3.05) is 52.9 Å². The number of hydrogen-bond acceptors (Lipinski definition) is 4. The molecular formula is C22H29FN4O3. The maximum absolute atomic E-state index is 13.2. The summed E-state index contributed by atoms with van der Waals surface area (Å²) in [5.41, 5.74) is 0.255. The second-order valence-corrected chi connectivity index (χ2v) is 8.82. The van der Waals surface area contributed by atoms with E-state index in [1.807, 2.05) is 4.90 Å². The van der Waals surface area contributed by atoms with E-state index in [1.54, 1.807) is 4.90 Å². The lowest BCUT2D eigenvalue weighted by atomic mass is 9.90. The molecule has 8 heteroatoms. The van der Waals surface area contributed by atoms with Gasteiger partial charge in [0, 0.05) is 50.7 Å². The van der Waals surface area contributed by atoms with Gasteiger partial charge >= 0.3 is 0 Å². The zero-order valence-corrected chi connectivity index (χ0v) is 17.4. The number of halogens is 1. The normalized spacial score (nSPS) is 23.3. The predicted octanol–water partition coefficient (Wildman–Crippen LogP) is 0.958. The number of nitrogens with zero attached hydrogens (tertiary/aromatic N) is 3. The fourth-order valence-electron chi connectivity index (χ4n) is 4.70. The SMILES string of the molecule is CN1CCN(C(=O)C2CC23CCN(C(=O)CNC(=O)c2cccc(F)c2)CC3)CC1. The number of rotatable bonds is 4. The first-order valence-corrected chi connectivity index (χ1v) is 10.7. The topological polar surface area (TPSA) is 73.0 Å². The number of piperazine rings is 1. The van der Waals surface area contributed by atoms with Gasteiger partial charge in [-0.2, -0.15) is 0 Å². The molecule has 1 unspecified atom stereocenters. The highest BCUT2D eigenvalue weighted by Gasteiger charge is 2.59. The summed E-state index contributed by atoms with van der Waals surface area (Å²) in [4.78, 5) is 43.4. The Labute approximate surface area is 176 Å². The number of nitrogens with one attached hydrogen (secondary N) is 1. The van der Waals surface area contributed by atoms with Crippen molar-refractivity contribution in [2.24, 2.45) is 11.3 Å². The number of hydrogen-bond donors (Lipinski definition) is 1. The van der Waals surface area contributed by atoms with Crippen molar-refractivity contribution in [3.63, 3.8) is 0 Å². The molecule has 1 aliphatic carbocycles. The summed E-state index contributed by atoms with van der Waals surface area (Å²) in [6.07, 6.45) is 2.60. The van der Waals surface area contributed by atoms with Gasteiger partial charge in [-0.05, 0) is 49.9 Å². The third kappa shape index (κ3) is 4.33. The van der Waals surface area contributed by atoms with Gasteiger partial charge in [-0.15, -0.1) is 0 Å². The van der Waals surface area contributed by atoms with Gasteiger partial charge in [0.05, 0.1) is 6.54 Å². The van der Waals surface area contributed by atoms with E-state index in [1.165, 1.54) is 18.2 Å². The van der Waals surface area contributed by atoms with Gasteiger partial charge in [0.2, 0.25) is 11.8 Å². The van der Waals surface area contributed by atoms with Gasteiger partial charge in [-0.25, -0.2) is 4.39 Å². The van der Waals surface area contributed by atoms with E-state index < -0.39 is 11.7 Å². The Kier molecular flexibility index (Phi) is 5.77. The standard InChI is InChI=1S/C22H29FN4O3/c1-25-9-11-27(12-10-25)21(30)18-14-22(18)5-7-26(8-6-22)19(28)15-24-20(29)16-3-2-4-17(23)13-16/h2-4,13,18H,5-12,14-15H2,1H3,(H,24,29). The average molecular weight is 416 g/mol. The number of amides is 3. The Balaban J connectivity index is 1.22. The molecule has 2 aliphatic heterocycles. The van der Waals surface area contributed by atoms with Crippen LogP contribution in [-0.4, -0.2) is 85.3 Å². The quantitative estimate of drug-likeness (QED) is 0.794. The van der Waals surface area contributed by atoms with Crippen LogP contribution in [0, 0.1) is 17.2 Å². The minimum absolute atomic E-state index is 0.0576. The number of piperidine rings is 1. The number of carbonyl (C=O) groups is 3. The van der Waals surface area contributed by atoms with Crippen LogP contribution in [0.25, 0.3) is 0 Å². The zero-order chi connectivity index (χ0) is 21.3. The van der Waals surface area contributed by atoms with Crippen molar-refractivity contribution in [1.29, 1.82) is 0 Å². The molecule has 0 radical (unpaired) electrons. The van der Waals surface area contributed by atoms with Gasteiger partial charge < -0.3 is 20.0 Å². The Morgan fingerprint density at radius 3 is 2.43 bits per heavy atom. The molecule has 3 amide bonds. The highest BCUT2D eigenvalue weighted by molar-refractivity contribution is 5.96. The molecule has 1 saturated carbocycles. The van der Waals surface area contributed by atoms with E-state index in [9.17, 15) is 18.8 Å². The molecule has 1 aromatic rings. The molecule has 1 spiro atoms. The van der Waals surface area contributed by atoms with Gasteiger partial charge in [0.1, 0.15) is 5.82 Å². The number of carbonyl (C=O) groups excluding carboxylic acids is 3. The lowest BCUT2D eigenvalue weighted by Gasteiger charge is -2.35. The van der Waals surface area contributed by atoms with E-state index in [2.05, 4.69) is 17.3 Å². The molecule has 0 bridgehead atoms. The molecule has 4 rings (SSSR count). The molecule has 1 atom stereocenters. The molecule has 7 nitrogen and oxygen atoms in total. The van der Waals surface area contributed by atoms with Crippen LogP contribution in [0.3, 0.4) is 0 Å². The summed E-state index contributed by atoms with van der Waals surface area (Å²) >= 11 is 0. The van der Waals surface area contributed by atoms with Gasteiger partial charge in [0.15, 0.2) is 0 Å². The van der Waals surface area contributed by atoms with Crippen LogP contribution < -0.4 is 5.32 Å². The van der Waals surface area contributed by atoms with Crippen LogP contribution in [0.1, 0.15) is 29.6 Å². The molecule has 3 fully saturated rings. The average Bonchev–Trinajstić information content (AvgIpc) is 3.45. The van der Waals surface area contributed by atoms with Crippen LogP contribution in [0.4, 0.5) is 4.39 Å². The summed E-state index contributed by atoms with van der Waals surface area (Å²) in [5.74, 6) is -0.704. The molecule has 162 valence electrons. The first kappa shape index (κ1) is 20.8. The molecule has 30 heavy (non-hydrogen) atoms. The highest BCUT2D eigenvalue weighted by Crippen LogP contribution is 2.60. The largest absolute Gasteiger partial charge is 0.343 e. The summed E-state index contributed by atoms with van der Waals surface area (Å²) in [6, 6.07) is 5.39. The van der Waals surface area contributed by atoms with Crippen molar-refractivity contribution < 1.29 is 18.8 Å². The van der Waals surface area contributed by atoms with Crippen molar-refractivity contribution in [1.82, 2.24) is 20.0 Å². The van der Waals surface area contributed by atoms with E-state index in [-0.39, 0.29) is 35.3 Å². The van der Waals surface area contributed by atoms with Gasteiger partial charge in [-0.3, -0.25) is 14.4 Å². The third-order valence-corrected chi connectivity index (χ3v) is 6.90. The monoisotopic (exact) mass is 416 g/mol. The molecule has 3 aliphatic rings. The van der Waals surface area contributed by atoms with Gasteiger partial charge in [-0.1, -0.05) is 6.07 Å². The van der Waals surface area contributed by atoms with E-state index >= 15 is 0 Å². The smallest absolute Gasteiger partial charge is 0.251 e. The third-order valence-electron chi connectivity index (χ3n) is 6.90. The first-order valence-electron chi connectivity index (χ1n) is 10.7. The van der Waals surface area contributed by atoms with E-state index in [0.29, 0.717) is 13.1 Å². The molecule has 0 aromatic heterocycles. The van der Waals surface area contributed by atoms with Crippen LogP contribution in [0.15, 0.2) is 24.3 Å². The van der Waals surface area contributed by atoms with Crippen LogP contribution in [-0.2, 0) is 9.59 Å². The Morgan fingerprint density at radius 2 is 1.77 bits per heavy atom. The number of likely N-dealkylation sites (tertiary alicyclic amines) is 1. The molecule has 1 N–H and O–H groups in total. The molecule has 1 aromatic carbocycles. The Bertz CT molecular complexity index is 829. The Morgan fingerprint density at radius 1 is 1.07 bits per heavy atom. The molecule has 2 heterocycles. The Hall–Kier alpha value is -2.48. The zero-order valence-electron chi connectivity index (χ0n) is 17.4. The fourth-order valence-corrected chi connectivity index (χ4v) is 4.70. The lowest BCUT2D eigenvalue weighted by Crippen LogP contribution is -2.49. The summed E-state index contributed by atoms with van der Waals surface area (Å²) in [5, 5.41) is 2.57. The van der Waals surface area contributed by atoms with E-state index in [0.717, 1.165) is 51.5 Å². The van der Waals surface area contributed by atoms with Crippen molar-refractivity contribution in [2.45, 2.75) is 19.3 Å². The maximum Gasteiger partial charge on any atom is 0.251 e. The second kappa shape index (κ2) is 8.34. The number of benzene rings is 1. The van der Waals surface area contributed by atoms with Crippen LogP contribution in [0.5, 0.6) is 0 Å². The molecular weight excluding hydrogens is 387 g/mol. The van der Waals surface area contributed by atoms with Crippen LogP contribution >= 0.6 is 0 Å².